The molecule has 10 aromatic rings. The lowest BCUT2D eigenvalue weighted by atomic mass is 9.92. The quantitative estimate of drug-likeness (QED) is 0.175. The highest BCUT2D eigenvalue weighted by Crippen LogP contribution is 2.37. The van der Waals surface area contributed by atoms with Crippen LogP contribution in [0.15, 0.2) is 200 Å². The van der Waals surface area contributed by atoms with E-state index in [1.165, 1.54) is 38.2 Å². The number of hydrogen-bond acceptors (Lipinski definition) is 3. The van der Waals surface area contributed by atoms with Crippen molar-refractivity contribution in [3.05, 3.63) is 200 Å². The van der Waals surface area contributed by atoms with Crippen LogP contribution in [-0.4, -0.2) is 15.0 Å². The molecule has 0 saturated heterocycles. The minimum Gasteiger partial charge on any atom is -0.208 e. The number of nitrogens with zero attached hydrogens (tertiary/aromatic N) is 3. The molecule has 0 bridgehead atoms. The van der Waals surface area contributed by atoms with Crippen molar-refractivity contribution >= 4 is 32.3 Å². The SMILES string of the molecule is c1ccc(-c2cc(-c3cccc(-c4nc(-c5ccc6ccccc6c5)nc(-c5cc(-c6ccccc6)c6ccccc6c5)n4)c3)c3ccccc3c2)cc1. The van der Waals surface area contributed by atoms with Gasteiger partial charge in [0, 0.05) is 16.7 Å². The Hall–Kier alpha value is -7.23. The Kier molecular flexibility index (Phi) is 7.81. The van der Waals surface area contributed by atoms with Gasteiger partial charge in [0.1, 0.15) is 0 Å². The summed E-state index contributed by atoms with van der Waals surface area (Å²) in [7, 11) is 0. The van der Waals surface area contributed by atoms with Crippen LogP contribution in [0.4, 0.5) is 0 Å². The molecule has 0 unspecified atom stereocenters. The third-order valence-corrected chi connectivity index (χ3v) is 10.2. The molecular formula is C51H33N3. The van der Waals surface area contributed by atoms with Gasteiger partial charge in [-0.05, 0) is 102 Å². The Labute approximate surface area is 313 Å². The average Bonchev–Trinajstić information content (AvgIpc) is 3.26. The maximum absolute atomic E-state index is 5.24. The molecule has 0 fully saturated rings. The van der Waals surface area contributed by atoms with Gasteiger partial charge in [-0.1, -0.05) is 164 Å². The van der Waals surface area contributed by atoms with E-state index in [4.69, 9.17) is 15.0 Å². The molecule has 1 heterocycles. The normalized spacial score (nSPS) is 11.3. The zero-order valence-electron chi connectivity index (χ0n) is 29.4. The van der Waals surface area contributed by atoms with Crippen molar-refractivity contribution in [3.63, 3.8) is 0 Å². The minimum absolute atomic E-state index is 0.628. The van der Waals surface area contributed by atoms with E-state index in [-0.39, 0.29) is 0 Å². The summed E-state index contributed by atoms with van der Waals surface area (Å²) in [6.07, 6.45) is 0. The molecule has 0 spiro atoms. The summed E-state index contributed by atoms with van der Waals surface area (Å²) in [5.41, 5.74) is 9.75. The van der Waals surface area contributed by atoms with Gasteiger partial charge in [0.15, 0.2) is 17.5 Å². The molecule has 0 aliphatic rings. The van der Waals surface area contributed by atoms with Crippen molar-refractivity contribution in [1.29, 1.82) is 0 Å². The molecule has 3 nitrogen and oxygen atoms in total. The van der Waals surface area contributed by atoms with Crippen LogP contribution in [0.5, 0.6) is 0 Å². The second kappa shape index (κ2) is 13.4. The summed E-state index contributed by atoms with van der Waals surface area (Å²) in [6.45, 7) is 0. The molecule has 0 aliphatic carbocycles. The predicted octanol–water partition coefficient (Wildman–Crippen LogP) is 13.3. The van der Waals surface area contributed by atoms with Crippen LogP contribution >= 0.6 is 0 Å². The van der Waals surface area contributed by atoms with Gasteiger partial charge in [0.25, 0.3) is 0 Å². The van der Waals surface area contributed by atoms with Gasteiger partial charge in [-0.15, -0.1) is 0 Å². The van der Waals surface area contributed by atoms with Crippen LogP contribution in [0.2, 0.25) is 0 Å². The predicted molar refractivity (Wildman–Crippen MR) is 225 cm³/mol. The first kappa shape index (κ1) is 31.5. The molecule has 3 heteroatoms. The molecule has 9 aromatic carbocycles. The summed E-state index contributed by atoms with van der Waals surface area (Å²) < 4.78 is 0. The molecular weight excluding hydrogens is 655 g/mol. The lowest BCUT2D eigenvalue weighted by Crippen LogP contribution is -2.01. The van der Waals surface area contributed by atoms with Crippen molar-refractivity contribution in [2.45, 2.75) is 0 Å². The van der Waals surface area contributed by atoms with E-state index >= 15 is 0 Å². The van der Waals surface area contributed by atoms with E-state index in [9.17, 15) is 0 Å². The maximum atomic E-state index is 5.24. The van der Waals surface area contributed by atoms with Crippen LogP contribution in [0.25, 0.3) is 99.9 Å². The van der Waals surface area contributed by atoms with E-state index in [0.29, 0.717) is 17.5 Å². The van der Waals surface area contributed by atoms with Gasteiger partial charge >= 0.3 is 0 Å². The molecule has 54 heavy (non-hydrogen) atoms. The van der Waals surface area contributed by atoms with Crippen LogP contribution in [-0.2, 0) is 0 Å². The molecule has 0 radical (unpaired) electrons. The molecule has 0 amide bonds. The molecule has 252 valence electrons. The summed E-state index contributed by atoms with van der Waals surface area (Å²) in [4.78, 5) is 15.6. The summed E-state index contributed by atoms with van der Waals surface area (Å²) in [5.74, 6) is 1.90. The highest BCUT2D eigenvalue weighted by molar-refractivity contribution is 6.01. The third-order valence-electron chi connectivity index (χ3n) is 10.2. The van der Waals surface area contributed by atoms with E-state index in [0.717, 1.165) is 44.2 Å². The number of benzene rings is 9. The highest BCUT2D eigenvalue weighted by Gasteiger charge is 2.17. The van der Waals surface area contributed by atoms with E-state index < -0.39 is 0 Å². The lowest BCUT2D eigenvalue weighted by Gasteiger charge is -2.14. The first-order chi connectivity index (χ1) is 26.7. The molecule has 0 aliphatic heterocycles. The number of hydrogen-bond donors (Lipinski definition) is 0. The Morgan fingerprint density at radius 2 is 0.667 bits per heavy atom. The van der Waals surface area contributed by atoms with E-state index in [1.807, 2.05) is 0 Å². The first-order valence-electron chi connectivity index (χ1n) is 18.3. The van der Waals surface area contributed by atoms with Crippen LogP contribution in [0, 0.1) is 0 Å². The van der Waals surface area contributed by atoms with Gasteiger partial charge in [-0.25, -0.2) is 15.0 Å². The monoisotopic (exact) mass is 687 g/mol. The summed E-state index contributed by atoms with van der Waals surface area (Å²) in [6, 6.07) is 70.7. The van der Waals surface area contributed by atoms with Crippen molar-refractivity contribution in [2.75, 3.05) is 0 Å². The van der Waals surface area contributed by atoms with Gasteiger partial charge in [-0.3, -0.25) is 0 Å². The van der Waals surface area contributed by atoms with Gasteiger partial charge in [-0.2, -0.15) is 0 Å². The largest absolute Gasteiger partial charge is 0.208 e. The number of fused-ring (bicyclic) bond motifs is 3. The van der Waals surface area contributed by atoms with Crippen molar-refractivity contribution in [1.82, 2.24) is 15.0 Å². The second-order valence-corrected chi connectivity index (χ2v) is 13.7. The first-order valence-corrected chi connectivity index (χ1v) is 18.3. The van der Waals surface area contributed by atoms with Gasteiger partial charge in [0.2, 0.25) is 0 Å². The van der Waals surface area contributed by atoms with Crippen molar-refractivity contribution in [2.24, 2.45) is 0 Å². The van der Waals surface area contributed by atoms with Crippen LogP contribution in [0.1, 0.15) is 0 Å². The Bertz CT molecular complexity index is 2990. The fourth-order valence-corrected chi connectivity index (χ4v) is 7.56. The second-order valence-electron chi connectivity index (χ2n) is 13.7. The summed E-state index contributed by atoms with van der Waals surface area (Å²) in [5, 5.41) is 7.04. The Morgan fingerprint density at radius 3 is 1.35 bits per heavy atom. The standard InChI is InChI=1S/C51H33N3/c1-3-14-34(15-4-1)43-30-38-20-9-12-25-46(38)48(32-43)40-22-13-23-41(29-40)49-52-50(42-27-26-35-16-7-8-19-37(35)28-42)54-51(53-49)44-31-39-21-10-11-24-45(39)47(33-44)36-17-5-2-6-18-36/h1-33H. The van der Waals surface area contributed by atoms with Crippen LogP contribution in [0.3, 0.4) is 0 Å². The smallest absolute Gasteiger partial charge is 0.164 e. The Morgan fingerprint density at radius 1 is 0.222 bits per heavy atom. The molecule has 0 atom stereocenters. The van der Waals surface area contributed by atoms with E-state index in [2.05, 4.69) is 200 Å². The fourth-order valence-electron chi connectivity index (χ4n) is 7.56. The van der Waals surface area contributed by atoms with Gasteiger partial charge < -0.3 is 0 Å². The molecule has 0 N–H and O–H groups in total. The zero-order valence-corrected chi connectivity index (χ0v) is 29.4. The highest BCUT2D eigenvalue weighted by atomic mass is 15.0. The zero-order chi connectivity index (χ0) is 35.8. The van der Waals surface area contributed by atoms with Gasteiger partial charge in [0.05, 0.1) is 0 Å². The fraction of sp³-hybridized carbons (Fsp3) is 0. The lowest BCUT2D eigenvalue weighted by molar-refractivity contribution is 1.08. The average molecular weight is 688 g/mol. The molecule has 1 aromatic heterocycles. The third kappa shape index (κ3) is 5.88. The van der Waals surface area contributed by atoms with Crippen molar-refractivity contribution < 1.29 is 0 Å². The summed E-state index contributed by atoms with van der Waals surface area (Å²) >= 11 is 0. The minimum atomic E-state index is 0.628. The topological polar surface area (TPSA) is 38.7 Å². The van der Waals surface area contributed by atoms with E-state index in [1.54, 1.807) is 0 Å². The van der Waals surface area contributed by atoms with Crippen LogP contribution < -0.4 is 0 Å². The maximum Gasteiger partial charge on any atom is 0.164 e. The number of rotatable bonds is 6. The van der Waals surface area contributed by atoms with Crippen molar-refractivity contribution in [3.8, 4) is 67.5 Å². The Balaban J connectivity index is 1.18. The molecule has 10 rings (SSSR count). The number of aromatic nitrogens is 3. The molecule has 0 saturated carbocycles.